The maximum absolute atomic E-state index is 13.0. The Hall–Kier alpha value is -1.65. The highest BCUT2D eigenvalue weighted by Crippen LogP contribution is 2.43. The molecule has 3 rings (SSSR count). The van der Waals surface area contributed by atoms with E-state index in [1.54, 1.807) is 11.3 Å². The summed E-state index contributed by atoms with van der Waals surface area (Å²) in [7, 11) is 0. The van der Waals surface area contributed by atoms with Crippen molar-refractivity contribution in [3.63, 3.8) is 0 Å². The van der Waals surface area contributed by atoms with E-state index in [0.29, 0.717) is 13.0 Å². The third kappa shape index (κ3) is 4.31. The number of rotatable bonds is 7. The molecule has 1 amide bonds. The van der Waals surface area contributed by atoms with Crippen LogP contribution in [0.3, 0.4) is 0 Å². The van der Waals surface area contributed by atoms with Crippen molar-refractivity contribution in [2.45, 2.75) is 56.5 Å². The Morgan fingerprint density at radius 3 is 2.56 bits per heavy atom. The van der Waals surface area contributed by atoms with Gasteiger partial charge in [0.15, 0.2) is 0 Å². The molecule has 1 aliphatic rings. The highest BCUT2D eigenvalue weighted by Gasteiger charge is 2.43. The van der Waals surface area contributed by atoms with Crippen molar-refractivity contribution in [1.82, 2.24) is 5.32 Å². The second-order valence-corrected chi connectivity index (χ2v) is 8.38. The summed E-state index contributed by atoms with van der Waals surface area (Å²) in [5.41, 5.74) is -0.0790. The molecule has 1 aromatic heterocycles. The molecule has 2 aromatic rings. The van der Waals surface area contributed by atoms with E-state index < -0.39 is 5.60 Å². The number of hydrogen-bond donors (Lipinski definition) is 2. The topological polar surface area (TPSA) is 49.3 Å². The van der Waals surface area contributed by atoms with Gasteiger partial charge in [-0.05, 0) is 49.6 Å². The Balaban J connectivity index is 1.58. The fourth-order valence-corrected chi connectivity index (χ4v) is 4.68. The first-order valence-electron chi connectivity index (χ1n) is 9.10. The number of carbonyl (C=O) groups excluding carboxylic acids is 1. The number of hydrogen-bond acceptors (Lipinski definition) is 3. The second-order valence-electron chi connectivity index (χ2n) is 7.43. The van der Waals surface area contributed by atoms with Crippen LogP contribution in [-0.2, 0) is 16.6 Å². The van der Waals surface area contributed by atoms with Crippen molar-refractivity contribution in [3.05, 3.63) is 58.3 Å². The first-order valence-corrected chi connectivity index (χ1v) is 9.98. The molecule has 0 spiro atoms. The SMILES string of the molecule is CC(O)(CCc1ccccc1)CNC(=O)C1(c2cccs2)CCCC1. The van der Waals surface area contributed by atoms with Crippen LogP contribution in [0.5, 0.6) is 0 Å². The van der Waals surface area contributed by atoms with Gasteiger partial charge >= 0.3 is 0 Å². The minimum atomic E-state index is -0.902. The molecule has 0 bridgehead atoms. The van der Waals surface area contributed by atoms with Gasteiger partial charge in [-0.25, -0.2) is 0 Å². The third-order valence-electron chi connectivity index (χ3n) is 5.31. The lowest BCUT2D eigenvalue weighted by Crippen LogP contribution is -2.48. The molecule has 1 heterocycles. The zero-order valence-corrected chi connectivity index (χ0v) is 15.6. The number of carbonyl (C=O) groups is 1. The van der Waals surface area contributed by atoms with E-state index in [0.717, 1.165) is 37.0 Å². The van der Waals surface area contributed by atoms with Crippen molar-refractivity contribution in [3.8, 4) is 0 Å². The monoisotopic (exact) mass is 357 g/mol. The van der Waals surface area contributed by atoms with E-state index in [-0.39, 0.29) is 11.3 Å². The highest BCUT2D eigenvalue weighted by atomic mass is 32.1. The van der Waals surface area contributed by atoms with Gasteiger partial charge < -0.3 is 10.4 Å². The fraction of sp³-hybridized carbons (Fsp3) is 0.476. The average molecular weight is 358 g/mol. The van der Waals surface area contributed by atoms with Crippen LogP contribution >= 0.6 is 11.3 Å². The average Bonchev–Trinajstić information content (AvgIpc) is 3.31. The summed E-state index contributed by atoms with van der Waals surface area (Å²) in [6.45, 7) is 2.11. The predicted molar refractivity (Wildman–Crippen MR) is 103 cm³/mol. The van der Waals surface area contributed by atoms with Gasteiger partial charge in [-0.3, -0.25) is 4.79 Å². The van der Waals surface area contributed by atoms with Crippen LogP contribution in [0.4, 0.5) is 0 Å². The van der Waals surface area contributed by atoms with Crippen LogP contribution in [0.2, 0.25) is 0 Å². The lowest BCUT2D eigenvalue weighted by molar-refractivity contribution is -0.127. The molecule has 25 heavy (non-hydrogen) atoms. The smallest absolute Gasteiger partial charge is 0.231 e. The summed E-state index contributed by atoms with van der Waals surface area (Å²) < 4.78 is 0. The predicted octanol–water partition coefficient (Wildman–Crippen LogP) is 4.06. The number of aryl methyl sites for hydroxylation is 1. The lowest BCUT2D eigenvalue weighted by atomic mass is 9.83. The van der Waals surface area contributed by atoms with Crippen molar-refractivity contribution in [2.75, 3.05) is 6.54 Å². The van der Waals surface area contributed by atoms with E-state index >= 15 is 0 Å². The summed E-state index contributed by atoms with van der Waals surface area (Å²) in [6.07, 6.45) is 5.44. The summed E-state index contributed by atoms with van der Waals surface area (Å²) in [4.78, 5) is 14.1. The zero-order valence-electron chi connectivity index (χ0n) is 14.8. The van der Waals surface area contributed by atoms with Crippen LogP contribution < -0.4 is 5.32 Å². The number of nitrogens with one attached hydrogen (secondary N) is 1. The second kappa shape index (κ2) is 7.71. The molecule has 134 valence electrons. The van der Waals surface area contributed by atoms with Gasteiger partial charge in [0, 0.05) is 11.4 Å². The summed E-state index contributed by atoms with van der Waals surface area (Å²) in [5, 5.41) is 15.8. The van der Waals surface area contributed by atoms with Crippen LogP contribution in [0, 0.1) is 0 Å². The number of amides is 1. The minimum Gasteiger partial charge on any atom is -0.388 e. The van der Waals surface area contributed by atoms with Gasteiger partial charge in [-0.2, -0.15) is 0 Å². The molecule has 1 atom stereocenters. The normalized spacial score (nSPS) is 18.6. The van der Waals surface area contributed by atoms with E-state index in [1.165, 1.54) is 5.56 Å². The van der Waals surface area contributed by atoms with Crippen LogP contribution in [0.15, 0.2) is 47.8 Å². The Labute approximate surface area is 154 Å². The summed E-state index contributed by atoms with van der Waals surface area (Å²) in [5.74, 6) is 0.0763. The molecular weight excluding hydrogens is 330 g/mol. The maximum atomic E-state index is 13.0. The van der Waals surface area contributed by atoms with E-state index in [1.807, 2.05) is 36.6 Å². The Morgan fingerprint density at radius 1 is 1.20 bits per heavy atom. The van der Waals surface area contributed by atoms with Gasteiger partial charge in [0.05, 0.1) is 11.0 Å². The van der Waals surface area contributed by atoms with Crippen molar-refractivity contribution in [2.24, 2.45) is 0 Å². The summed E-state index contributed by atoms with van der Waals surface area (Å²) >= 11 is 1.66. The summed E-state index contributed by atoms with van der Waals surface area (Å²) in [6, 6.07) is 14.2. The number of thiophene rings is 1. The van der Waals surface area contributed by atoms with Gasteiger partial charge in [0.25, 0.3) is 0 Å². The third-order valence-corrected chi connectivity index (χ3v) is 6.38. The Kier molecular flexibility index (Phi) is 5.60. The first kappa shape index (κ1) is 18.2. The molecular formula is C21H27NO2S. The highest BCUT2D eigenvalue weighted by molar-refractivity contribution is 7.10. The lowest BCUT2D eigenvalue weighted by Gasteiger charge is -2.30. The quantitative estimate of drug-likeness (QED) is 0.785. The van der Waals surface area contributed by atoms with E-state index in [4.69, 9.17) is 0 Å². The van der Waals surface area contributed by atoms with Crippen molar-refractivity contribution in [1.29, 1.82) is 0 Å². The maximum Gasteiger partial charge on any atom is 0.231 e. The standard InChI is InChI=1S/C21H27NO2S/c1-20(24,14-11-17-8-3-2-4-9-17)16-22-19(23)21(12-5-6-13-21)18-10-7-15-25-18/h2-4,7-10,15,24H,5-6,11-14,16H2,1H3,(H,22,23). The minimum absolute atomic E-state index is 0.0763. The van der Waals surface area contributed by atoms with E-state index in [2.05, 4.69) is 23.5 Å². The molecule has 1 fully saturated rings. The molecule has 2 N–H and O–H groups in total. The Bertz CT molecular complexity index is 673. The largest absolute Gasteiger partial charge is 0.388 e. The molecule has 0 aliphatic heterocycles. The molecule has 0 saturated heterocycles. The molecule has 0 radical (unpaired) electrons. The van der Waals surface area contributed by atoms with Crippen molar-refractivity contribution >= 4 is 17.2 Å². The molecule has 1 aromatic carbocycles. The van der Waals surface area contributed by atoms with E-state index in [9.17, 15) is 9.90 Å². The van der Waals surface area contributed by atoms with Crippen LogP contribution in [0.25, 0.3) is 0 Å². The van der Waals surface area contributed by atoms with Crippen molar-refractivity contribution < 1.29 is 9.90 Å². The fourth-order valence-electron chi connectivity index (χ4n) is 3.70. The Morgan fingerprint density at radius 2 is 1.92 bits per heavy atom. The van der Waals surface area contributed by atoms with Crippen LogP contribution in [-0.4, -0.2) is 23.2 Å². The zero-order chi connectivity index (χ0) is 17.8. The molecule has 4 heteroatoms. The molecule has 1 saturated carbocycles. The number of benzene rings is 1. The first-order chi connectivity index (χ1) is 12.0. The van der Waals surface area contributed by atoms with Crippen LogP contribution in [0.1, 0.15) is 49.5 Å². The molecule has 1 unspecified atom stereocenters. The van der Waals surface area contributed by atoms with Gasteiger partial charge in [0.2, 0.25) is 5.91 Å². The van der Waals surface area contributed by atoms with Gasteiger partial charge in [-0.1, -0.05) is 49.2 Å². The molecule has 3 nitrogen and oxygen atoms in total. The number of aliphatic hydroxyl groups is 1. The van der Waals surface area contributed by atoms with Gasteiger partial charge in [0.1, 0.15) is 0 Å². The molecule has 1 aliphatic carbocycles. The van der Waals surface area contributed by atoms with Gasteiger partial charge in [-0.15, -0.1) is 11.3 Å².